The molecule has 19 heavy (non-hydrogen) atoms. The molecule has 4 nitrogen and oxygen atoms in total. The van der Waals surface area contributed by atoms with Crippen LogP contribution >= 0.6 is 12.2 Å². The number of halogens is 1. The Labute approximate surface area is 117 Å². The Hall–Kier alpha value is -1.24. The first-order valence-corrected chi connectivity index (χ1v) is 6.35. The average Bonchev–Trinajstić information content (AvgIpc) is 2.37. The van der Waals surface area contributed by atoms with Crippen LogP contribution in [-0.2, 0) is 9.47 Å². The van der Waals surface area contributed by atoms with Gasteiger partial charge in [-0.05, 0) is 18.6 Å². The molecule has 0 aliphatic heterocycles. The van der Waals surface area contributed by atoms with Crippen molar-refractivity contribution in [3.05, 3.63) is 29.6 Å². The molecule has 0 aliphatic carbocycles. The van der Waals surface area contributed by atoms with Crippen LogP contribution in [0.4, 0.5) is 4.39 Å². The SMILES string of the molecule is COCCCOCCOc1cccc(F)c1C(N)=S. The van der Waals surface area contributed by atoms with E-state index in [4.69, 9.17) is 32.2 Å². The van der Waals surface area contributed by atoms with Gasteiger partial charge in [0.05, 0.1) is 12.2 Å². The van der Waals surface area contributed by atoms with E-state index < -0.39 is 5.82 Å². The zero-order valence-electron chi connectivity index (χ0n) is 10.9. The van der Waals surface area contributed by atoms with Crippen molar-refractivity contribution >= 4 is 17.2 Å². The third-order valence-corrected chi connectivity index (χ3v) is 2.55. The molecule has 0 atom stereocenters. The van der Waals surface area contributed by atoms with E-state index in [1.807, 2.05) is 0 Å². The van der Waals surface area contributed by atoms with Crippen molar-refractivity contribution in [3.8, 4) is 5.75 Å². The van der Waals surface area contributed by atoms with Gasteiger partial charge in [0.2, 0.25) is 0 Å². The van der Waals surface area contributed by atoms with Gasteiger partial charge in [-0.1, -0.05) is 18.3 Å². The minimum Gasteiger partial charge on any atom is -0.490 e. The van der Waals surface area contributed by atoms with Crippen LogP contribution in [0.25, 0.3) is 0 Å². The van der Waals surface area contributed by atoms with E-state index >= 15 is 0 Å². The van der Waals surface area contributed by atoms with E-state index in [9.17, 15) is 4.39 Å². The van der Waals surface area contributed by atoms with Crippen LogP contribution in [0.2, 0.25) is 0 Å². The predicted molar refractivity (Wildman–Crippen MR) is 75.1 cm³/mol. The fraction of sp³-hybridized carbons (Fsp3) is 0.462. The van der Waals surface area contributed by atoms with E-state index in [-0.39, 0.29) is 10.6 Å². The smallest absolute Gasteiger partial charge is 0.137 e. The van der Waals surface area contributed by atoms with Crippen LogP contribution in [0.3, 0.4) is 0 Å². The van der Waals surface area contributed by atoms with Crippen molar-refractivity contribution in [2.75, 3.05) is 33.5 Å². The Kier molecular flexibility index (Phi) is 7.32. The number of thiocarbonyl (C=S) groups is 1. The number of methoxy groups -OCH3 is 1. The molecule has 0 radical (unpaired) electrons. The van der Waals surface area contributed by atoms with Gasteiger partial charge in [-0.3, -0.25) is 0 Å². The number of hydrogen-bond donors (Lipinski definition) is 1. The summed E-state index contributed by atoms with van der Waals surface area (Å²) in [6, 6.07) is 4.47. The van der Waals surface area contributed by atoms with Crippen molar-refractivity contribution in [2.45, 2.75) is 6.42 Å². The molecule has 1 rings (SSSR count). The molecular weight excluding hydrogens is 269 g/mol. The molecule has 0 saturated carbocycles. The Bertz CT molecular complexity index is 415. The zero-order valence-corrected chi connectivity index (χ0v) is 11.7. The topological polar surface area (TPSA) is 53.7 Å². The largest absolute Gasteiger partial charge is 0.490 e. The first kappa shape index (κ1) is 15.8. The molecule has 0 spiro atoms. The zero-order chi connectivity index (χ0) is 14.1. The minimum absolute atomic E-state index is 0.0193. The van der Waals surface area contributed by atoms with Crippen molar-refractivity contribution < 1.29 is 18.6 Å². The second-order valence-corrected chi connectivity index (χ2v) is 4.22. The molecule has 0 aliphatic rings. The maximum absolute atomic E-state index is 13.5. The molecular formula is C13H18FNO3S. The summed E-state index contributed by atoms with van der Waals surface area (Å²) < 4.78 is 29.2. The maximum atomic E-state index is 13.5. The first-order valence-electron chi connectivity index (χ1n) is 5.94. The first-order chi connectivity index (χ1) is 9.16. The van der Waals surface area contributed by atoms with E-state index in [1.54, 1.807) is 19.2 Å². The van der Waals surface area contributed by atoms with Crippen LogP contribution in [0.5, 0.6) is 5.75 Å². The second-order valence-electron chi connectivity index (χ2n) is 3.78. The minimum atomic E-state index is -0.481. The third kappa shape index (κ3) is 5.50. The number of rotatable bonds is 9. The molecule has 106 valence electrons. The van der Waals surface area contributed by atoms with Crippen LogP contribution in [-0.4, -0.2) is 38.5 Å². The maximum Gasteiger partial charge on any atom is 0.137 e. The van der Waals surface area contributed by atoms with Gasteiger partial charge in [0.1, 0.15) is 23.2 Å². The predicted octanol–water partition coefficient (Wildman–Crippen LogP) is 1.89. The highest BCUT2D eigenvalue weighted by Crippen LogP contribution is 2.21. The average molecular weight is 287 g/mol. The molecule has 1 aromatic carbocycles. The molecule has 0 bridgehead atoms. The lowest BCUT2D eigenvalue weighted by Crippen LogP contribution is -2.15. The van der Waals surface area contributed by atoms with Gasteiger partial charge < -0.3 is 19.9 Å². The number of nitrogens with two attached hydrogens (primary N) is 1. The molecule has 0 unspecified atom stereocenters. The Morgan fingerprint density at radius 1 is 1.26 bits per heavy atom. The number of hydrogen-bond acceptors (Lipinski definition) is 4. The molecule has 0 fully saturated rings. The van der Waals surface area contributed by atoms with Crippen molar-refractivity contribution in [1.82, 2.24) is 0 Å². The second kappa shape index (κ2) is 8.79. The Balaban J connectivity index is 2.37. The van der Waals surface area contributed by atoms with Gasteiger partial charge in [0.25, 0.3) is 0 Å². The summed E-state index contributed by atoms with van der Waals surface area (Å²) in [7, 11) is 1.64. The van der Waals surface area contributed by atoms with Gasteiger partial charge in [-0.15, -0.1) is 0 Å². The van der Waals surface area contributed by atoms with Crippen LogP contribution < -0.4 is 10.5 Å². The summed E-state index contributed by atoms with van der Waals surface area (Å²) in [4.78, 5) is -0.0193. The van der Waals surface area contributed by atoms with Crippen molar-refractivity contribution in [3.63, 3.8) is 0 Å². The molecule has 0 saturated heterocycles. The van der Waals surface area contributed by atoms with Crippen molar-refractivity contribution in [2.24, 2.45) is 5.73 Å². The normalized spacial score (nSPS) is 10.4. The van der Waals surface area contributed by atoms with Gasteiger partial charge >= 0.3 is 0 Å². The van der Waals surface area contributed by atoms with E-state index in [1.165, 1.54) is 6.07 Å². The van der Waals surface area contributed by atoms with E-state index in [0.29, 0.717) is 32.2 Å². The summed E-state index contributed by atoms with van der Waals surface area (Å²) >= 11 is 4.80. The van der Waals surface area contributed by atoms with Crippen LogP contribution in [0.1, 0.15) is 12.0 Å². The Morgan fingerprint density at radius 2 is 2.05 bits per heavy atom. The van der Waals surface area contributed by atoms with Gasteiger partial charge in [-0.2, -0.15) is 0 Å². The van der Waals surface area contributed by atoms with E-state index in [2.05, 4.69) is 0 Å². The molecule has 1 aromatic rings. The number of ether oxygens (including phenoxy) is 3. The lowest BCUT2D eigenvalue weighted by Gasteiger charge is -2.11. The van der Waals surface area contributed by atoms with Crippen molar-refractivity contribution in [1.29, 1.82) is 0 Å². The summed E-state index contributed by atoms with van der Waals surface area (Å²) in [6.45, 7) is 1.99. The monoisotopic (exact) mass is 287 g/mol. The molecule has 0 heterocycles. The third-order valence-electron chi connectivity index (χ3n) is 2.34. The standard InChI is InChI=1S/C13H18FNO3S/c1-16-6-3-7-17-8-9-18-11-5-2-4-10(14)12(11)13(15)19/h2,4-5H,3,6-9H2,1H3,(H2,15,19). The van der Waals surface area contributed by atoms with E-state index in [0.717, 1.165) is 6.42 Å². The summed E-state index contributed by atoms with van der Waals surface area (Å²) in [6.07, 6.45) is 0.828. The fourth-order valence-corrected chi connectivity index (χ4v) is 1.68. The lowest BCUT2D eigenvalue weighted by atomic mass is 10.2. The highest BCUT2D eigenvalue weighted by atomic mass is 32.1. The summed E-state index contributed by atoms with van der Waals surface area (Å²) in [5.74, 6) is -0.140. The highest BCUT2D eigenvalue weighted by molar-refractivity contribution is 7.80. The van der Waals surface area contributed by atoms with Crippen LogP contribution in [0, 0.1) is 5.82 Å². The summed E-state index contributed by atoms with van der Waals surface area (Å²) in [5, 5.41) is 0. The molecule has 6 heteroatoms. The fourth-order valence-electron chi connectivity index (χ4n) is 1.48. The van der Waals surface area contributed by atoms with Gasteiger partial charge in [-0.25, -0.2) is 4.39 Å². The Morgan fingerprint density at radius 3 is 2.74 bits per heavy atom. The van der Waals surface area contributed by atoms with Gasteiger partial charge in [0.15, 0.2) is 0 Å². The van der Waals surface area contributed by atoms with Crippen LogP contribution in [0.15, 0.2) is 18.2 Å². The highest BCUT2D eigenvalue weighted by Gasteiger charge is 2.11. The molecule has 0 amide bonds. The quantitative estimate of drug-likeness (QED) is 0.555. The molecule has 2 N–H and O–H groups in total. The lowest BCUT2D eigenvalue weighted by molar-refractivity contribution is 0.0805. The summed E-state index contributed by atoms with van der Waals surface area (Å²) in [5.41, 5.74) is 5.60. The number of benzene rings is 1. The molecule has 0 aromatic heterocycles. The van der Waals surface area contributed by atoms with Gasteiger partial charge in [0, 0.05) is 20.3 Å².